The summed E-state index contributed by atoms with van der Waals surface area (Å²) in [4.78, 5) is 12.2. The van der Waals surface area contributed by atoms with Gasteiger partial charge in [0.2, 0.25) is 5.91 Å². The maximum atomic E-state index is 12.2. The second-order valence-corrected chi connectivity index (χ2v) is 6.34. The zero-order valence-electron chi connectivity index (χ0n) is 12.0. The topological polar surface area (TPSA) is 81.2 Å². The van der Waals surface area contributed by atoms with Crippen molar-refractivity contribution in [3.63, 3.8) is 0 Å². The Morgan fingerprint density at radius 2 is 2.17 bits per heavy atom. The lowest BCUT2D eigenvalue weighted by Gasteiger charge is -2.09. The molecule has 1 N–H and O–H groups in total. The van der Waals surface area contributed by atoms with Gasteiger partial charge in [-0.15, -0.1) is 10.2 Å². The van der Waals surface area contributed by atoms with Gasteiger partial charge in [0, 0.05) is 10.7 Å². The number of rotatable bonds is 5. The number of thioether (sulfide) groups is 1. The fourth-order valence-corrected chi connectivity index (χ4v) is 2.65. The molecule has 1 amide bonds. The second-order valence-electron chi connectivity index (χ2n) is 4.61. The maximum absolute atomic E-state index is 12.2. The zero-order chi connectivity index (χ0) is 16.2. The SMILES string of the molecule is CC(Sc1nnc(-c2ccco2)o1)C(=O)Nc1cccc(Cl)c1. The van der Waals surface area contributed by atoms with Crippen LogP contribution in [-0.4, -0.2) is 21.4 Å². The number of nitrogens with zero attached hydrogens (tertiary/aromatic N) is 2. The Morgan fingerprint density at radius 3 is 2.91 bits per heavy atom. The molecule has 1 unspecified atom stereocenters. The number of furan rings is 1. The minimum atomic E-state index is -0.418. The number of aromatic nitrogens is 2. The largest absolute Gasteiger partial charge is 0.459 e. The molecule has 0 saturated heterocycles. The normalized spacial score (nSPS) is 12.1. The highest BCUT2D eigenvalue weighted by molar-refractivity contribution is 8.00. The molecule has 2 heterocycles. The third kappa shape index (κ3) is 3.94. The number of carbonyl (C=O) groups excluding carboxylic acids is 1. The number of halogens is 1. The van der Waals surface area contributed by atoms with E-state index in [4.69, 9.17) is 20.4 Å². The summed E-state index contributed by atoms with van der Waals surface area (Å²) in [5.74, 6) is 0.579. The lowest BCUT2D eigenvalue weighted by Crippen LogP contribution is -2.22. The van der Waals surface area contributed by atoms with Gasteiger partial charge in [0.1, 0.15) is 0 Å². The highest BCUT2D eigenvalue weighted by Crippen LogP contribution is 2.27. The first-order valence-electron chi connectivity index (χ1n) is 6.72. The van der Waals surface area contributed by atoms with E-state index < -0.39 is 5.25 Å². The molecule has 0 radical (unpaired) electrons. The van der Waals surface area contributed by atoms with E-state index >= 15 is 0 Å². The highest BCUT2D eigenvalue weighted by Gasteiger charge is 2.19. The summed E-state index contributed by atoms with van der Waals surface area (Å²) >= 11 is 7.06. The minimum absolute atomic E-state index is 0.185. The predicted octanol–water partition coefficient (Wildman–Crippen LogP) is 4.10. The Hall–Kier alpha value is -2.25. The number of hydrogen-bond donors (Lipinski definition) is 1. The van der Waals surface area contributed by atoms with E-state index in [9.17, 15) is 4.79 Å². The maximum Gasteiger partial charge on any atom is 0.284 e. The molecule has 0 aliphatic rings. The quantitative estimate of drug-likeness (QED) is 0.698. The van der Waals surface area contributed by atoms with Gasteiger partial charge in [0.05, 0.1) is 11.5 Å². The average molecular weight is 350 g/mol. The standard InChI is InChI=1S/C15H12ClN3O3S/c1-9(13(20)17-11-5-2-4-10(16)8-11)23-15-19-18-14(22-15)12-6-3-7-21-12/h2-9H,1H3,(H,17,20). The molecule has 2 aromatic heterocycles. The third-order valence-electron chi connectivity index (χ3n) is 2.88. The van der Waals surface area contributed by atoms with Gasteiger partial charge in [0.15, 0.2) is 5.76 Å². The Balaban J connectivity index is 1.62. The van der Waals surface area contributed by atoms with Crippen molar-refractivity contribution >= 4 is 35.0 Å². The molecule has 3 aromatic rings. The fraction of sp³-hybridized carbons (Fsp3) is 0.133. The van der Waals surface area contributed by atoms with Crippen LogP contribution in [0.3, 0.4) is 0 Å². The molecule has 0 spiro atoms. The Labute approximate surface area is 141 Å². The predicted molar refractivity (Wildman–Crippen MR) is 87.4 cm³/mol. The van der Waals surface area contributed by atoms with E-state index in [1.54, 1.807) is 43.3 Å². The molecular formula is C15H12ClN3O3S. The molecule has 0 aliphatic heterocycles. The van der Waals surface area contributed by atoms with Crippen LogP contribution in [0.2, 0.25) is 5.02 Å². The molecule has 118 valence electrons. The summed E-state index contributed by atoms with van der Waals surface area (Å²) in [6.45, 7) is 1.75. The zero-order valence-corrected chi connectivity index (χ0v) is 13.6. The Morgan fingerprint density at radius 1 is 1.30 bits per heavy atom. The van der Waals surface area contributed by atoms with E-state index in [1.807, 2.05) is 0 Å². The van der Waals surface area contributed by atoms with Gasteiger partial charge in [-0.2, -0.15) is 0 Å². The van der Waals surface area contributed by atoms with Crippen molar-refractivity contribution in [2.24, 2.45) is 0 Å². The molecule has 0 saturated carbocycles. The molecule has 8 heteroatoms. The third-order valence-corrected chi connectivity index (χ3v) is 4.05. The van der Waals surface area contributed by atoms with Crippen molar-refractivity contribution in [2.45, 2.75) is 17.4 Å². The number of carbonyl (C=O) groups is 1. The van der Waals surface area contributed by atoms with Gasteiger partial charge in [-0.3, -0.25) is 4.79 Å². The molecule has 23 heavy (non-hydrogen) atoms. The number of anilines is 1. The molecular weight excluding hydrogens is 338 g/mol. The van der Waals surface area contributed by atoms with Crippen molar-refractivity contribution in [2.75, 3.05) is 5.32 Å². The fourth-order valence-electron chi connectivity index (χ4n) is 1.77. The molecule has 0 aliphatic carbocycles. The van der Waals surface area contributed by atoms with Crippen LogP contribution in [0.4, 0.5) is 5.69 Å². The molecule has 0 fully saturated rings. The van der Waals surface area contributed by atoms with Gasteiger partial charge in [-0.05, 0) is 37.3 Å². The lowest BCUT2D eigenvalue weighted by atomic mass is 10.3. The summed E-state index contributed by atoms with van der Waals surface area (Å²) < 4.78 is 10.6. The summed E-state index contributed by atoms with van der Waals surface area (Å²) in [7, 11) is 0. The van der Waals surface area contributed by atoms with E-state index in [0.717, 1.165) is 0 Å². The van der Waals surface area contributed by atoms with Crippen molar-refractivity contribution in [1.82, 2.24) is 10.2 Å². The van der Waals surface area contributed by atoms with Crippen molar-refractivity contribution in [3.8, 4) is 11.7 Å². The van der Waals surface area contributed by atoms with Crippen molar-refractivity contribution in [1.29, 1.82) is 0 Å². The van der Waals surface area contributed by atoms with E-state index in [0.29, 0.717) is 21.7 Å². The Kier molecular flexibility index (Phi) is 4.68. The summed E-state index contributed by atoms with van der Waals surface area (Å²) in [5, 5.41) is 11.0. The summed E-state index contributed by atoms with van der Waals surface area (Å²) in [5.41, 5.74) is 0.636. The summed E-state index contributed by atoms with van der Waals surface area (Å²) in [6, 6.07) is 10.4. The van der Waals surface area contributed by atoms with Crippen LogP contribution in [0, 0.1) is 0 Å². The first-order chi connectivity index (χ1) is 11.1. The van der Waals surface area contributed by atoms with Gasteiger partial charge in [-0.1, -0.05) is 29.4 Å². The van der Waals surface area contributed by atoms with E-state index in [2.05, 4.69) is 15.5 Å². The van der Waals surface area contributed by atoms with E-state index in [-0.39, 0.29) is 11.8 Å². The molecule has 1 atom stereocenters. The van der Waals surface area contributed by atoms with Crippen LogP contribution < -0.4 is 5.32 Å². The second kappa shape index (κ2) is 6.89. The monoisotopic (exact) mass is 349 g/mol. The minimum Gasteiger partial charge on any atom is -0.459 e. The number of amides is 1. The van der Waals surface area contributed by atoms with Crippen LogP contribution in [0.25, 0.3) is 11.7 Å². The van der Waals surface area contributed by atoms with Crippen LogP contribution in [0.1, 0.15) is 6.92 Å². The van der Waals surface area contributed by atoms with Crippen LogP contribution in [-0.2, 0) is 4.79 Å². The van der Waals surface area contributed by atoms with Crippen LogP contribution in [0.15, 0.2) is 56.7 Å². The summed E-state index contributed by atoms with van der Waals surface area (Å²) in [6.07, 6.45) is 1.52. The van der Waals surface area contributed by atoms with Crippen LogP contribution >= 0.6 is 23.4 Å². The van der Waals surface area contributed by atoms with Gasteiger partial charge in [-0.25, -0.2) is 0 Å². The van der Waals surface area contributed by atoms with Gasteiger partial charge >= 0.3 is 0 Å². The van der Waals surface area contributed by atoms with Gasteiger partial charge < -0.3 is 14.2 Å². The first-order valence-corrected chi connectivity index (χ1v) is 7.98. The molecule has 1 aromatic carbocycles. The number of nitrogens with one attached hydrogen (secondary N) is 1. The van der Waals surface area contributed by atoms with E-state index in [1.165, 1.54) is 18.0 Å². The smallest absolute Gasteiger partial charge is 0.284 e. The van der Waals surface area contributed by atoms with Crippen LogP contribution in [0.5, 0.6) is 0 Å². The molecule has 3 rings (SSSR count). The average Bonchev–Trinajstić information content (AvgIpc) is 3.17. The number of hydrogen-bond acceptors (Lipinski definition) is 6. The molecule has 0 bridgehead atoms. The Bertz CT molecular complexity index is 804. The lowest BCUT2D eigenvalue weighted by molar-refractivity contribution is -0.115. The van der Waals surface area contributed by atoms with Crippen molar-refractivity contribution in [3.05, 3.63) is 47.7 Å². The van der Waals surface area contributed by atoms with Gasteiger partial charge in [0.25, 0.3) is 11.1 Å². The highest BCUT2D eigenvalue weighted by atomic mass is 35.5. The molecule has 6 nitrogen and oxygen atoms in total. The number of benzene rings is 1. The first kappa shape index (κ1) is 15.6. The van der Waals surface area contributed by atoms with Crippen molar-refractivity contribution < 1.29 is 13.6 Å².